The topological polar surface area (TPSA) is 53.8 Å². The minimum Gasteiger partial charge on any atom is -0.504 e. The molecular formula is C20H23ClN2O2. The minimum atomic E-state index is -0.0364. The third kappa shape index (κ3) is 3.80. The largest absolute Gasteiger partial charge is 0.504 e. The quantitative estimate of drug-likeness (QED) is 0.842. The zero-order valence-corrected chi connectivity index (χ0v) is 15.4. The van der Waals surface area contributed by atoms with Gasteiger partial charge >= 0.3 is 0 Å². The number of phenolic OH excluding ortho intramolecular Hbond substituents is 1. The number of methoxy groups -OCH3 is 1. The van der Waals surface area contributed by atoms with Crippen molar-refractivity contribution in [3.63, 3.8) is 0 Å². The Hall–Kier alpha value is -2.04. The number of hydrogen-bond acceptors (Lipinski definition) is 4. The second kappa shape index (κ2) is 7.46. The van der Waals surface area contributed by atoms with Crippen LogP contribution in [0.4, 0.5) is 0 Å². The van der Waals surface area contributed by atoms with Crippen molar-refractivity contribution in [2.75, 3.05) is 7.11 Å². The van der Waals surface area contributed by atoms with Crippen LogP contribution in [0.3, 0.4) is 0 Å². The minimum absolute atomic E-state index is 0.0185. The van der Waals surface area contributed by atoms with E-state index < -0.39 is 0 Å². The zero-order chi connectivity index (χ0) is 18.0. The van der Waals surface area contributed by atoms with Gasteiger partial charge in [-0.3, -0.25) is 10.3 Å². The summed E-state index contributed by atoms with van der Waals surface area (Å²) in [7, 11) is 1.56. The molecule has 0 amide bonds. The molecule has 0 saturated heterocycles. The first-order valence-corrected chi connectivity index (χ1v) is 8.82. The zero-order valence-electron chi connectivity index (χ0n) is 14.7. The Morgan fingerprint density at radius 1 is 1.20 bits per heavy atom. The molecule has 25 heavy (non-hydrogen) atoms. The summed E-state index contributed by atoms with van der Waals surface area (Å²) >= 11 is 6.01. The van der Waals surface area contributed by atoms with Crippen LogP contribution >= 0.6 is 11.6 Å². The first-order chi connectivity index (χ1) is 12.0. The molecule has 0 radical (unpaired) electrons. The van der Waals surface area contributed by atoms with Gasteiger partial charge in [0.25, 0.3) is 0 Å². The fraction of sp³-hybridized carbons (Fsp3) is 0.350. The summed E-state index contributed by atoms with van der Waals surface area (Å²) in [5.41, 5.74) is 2.90. The van der Waals surface area contributed by atoms with Crippen molar-refractivity contribution < 1.29 is 9.84 Å². The monoisotopic (exact) mass is 358 g/mol. The Bertz CT molecular complexity index is 772. The summed E-state index contributed by atoms with van der Waals surface area (Å²) in [5, 5.41) is 14.8. The van der Waals surface area contributed by atoms with E-state index in [4.69, 9.17) is 21.3 Å². The van der Waals surface area contributed by atoms with E-state index in [0.717, 1.165) is 16.8 Å². The molecule has 3 rings (SSSR count). The van der Waals surface area contributed by atoms with E-state index in [-0.39, 0.29) is 18.0 Å². The fourth-order valence-corrected chi connectivity index (χ4v) is 3.20. The van der Waals surface area contributed by atoms with Crippen LogP contribution in [-0.2, 0) is 0 Å². The van der Waals surface area contributed by atoms with E-state index in [1.165, 1.54) is 0 Å². The summed E-state index contributed by atoms with van der Waals surface area (Å²) in [6, 6.07) is 13.3. The highest BCUT2D eigenvalue weighted by Crippen LogP contribution is 2.37. The van der Waals surface area contributed by atoms with E-state index in [2.05, 4.69) is 19.2 Å². The highest BCUT2D eigenvalue weighted by Gasteiger charge is 2.28. The maximum atomic E-state index is 10.5. The predicted molar refractivity (Wildman–Crippen MR) is 102 cm³/mol. The number of ether oxygens (including phenoxy) is 1. The highest BCUT2D eigenvalue weighted by molar-refractivity contribution is 6.30. The first kappa shape index (κ1) is 17.8. The van der Waals surface area contributed by atoms with Crippen LogP contribution in [0, 0.1) is 5.92 Å². The summed E-state index contributed by atoms with van der Waals surface area (Å²) in [5.74, 6) is 0.996. The number of aliphatic imine (C=N–C) groups is 1. The molecule has 2 aromatic carbocycles. The number of benzene rings is 2. The molecular weight excluding hydrogens is 336 g/mol. The van der Waals surface area contributed by atoms with Crippen LogP contribution in [0.2, 0.25) is 5.02 Å². The van der Waals surface area contributed by atoms with Gasteiger partial charge in [0.2, 0.25) is 0 Å². The second-order valence-electron chi connectivity index (χ2n) is 6.59. The van der Waals surface area contributed by atoms with Crippen LogP contribution in [0.5, 0.6) is 11.5 Å². The number of phenols is 1. The molecule has 1 aliphatic heterocycles. The highest BCUT2D eigenvalue weighted by atomic mass is 35.5. The molecule has 0 fully saturated rings. The molecule has 2 atom stereocenters. The first-order valence-electron chi connectivity index (χ1n) is 8.44. The Morgan fingerprint density at radius 2 is 1.92 bits per heavy atom. The molecule has 2 N–H and O–H groups in total. The van der Waals surface area contributed by atoms with Crippen LogP contribution in [-0.4, -0.2) is 24.1 Å². The lowest BCUT2D eigenvalue weighted by molar-refractivity contribution is 0.335. The van der Waals surface area contributed by atoms with Gasteiger partial charge in [-0.25, -0.2) is 0 Å². The maximum Gasteiger partial charge on any atom is 0.162 e. The van der Waals surface area contributed by atoms with Crippen molar-refractivity contribution in [3.05, 3.63) is 58.6 Å². The fourth-order valence-electron chi connectivity index (χ4n) is 3.08. The molecule has 0 bridgehead atoms. The summed E-state index contributed by atoms with van der Waals surface area (Å²) < 4.78 is 5.25. The Morgan fingerprint density at radius 3 is 2.56 bits per heavy atom. The molecule has 0 aliphatic carbocycles. The number of halogens is 1. The van der Waals surface area contributed by atoms with Crippen LogP contribution in [0.15, 0.2) is 47.5 Å². The molecule has 5 heteroatoms. The third-order valence-electron chi connectivity index (χ3n) is 4.50. The van der Waals surface area contributed by atoms with Crippen molar-refractivity contribution in [2.24, 2.45) is 10.9 Å². The summed E-state index contributed by atoms with van der Waals surface area (Å²) in [4.78, 5) is 4.88. The molecule has 132 valence electrons. The maximum absolute atomic E-state index is 10.5. The lowest BCUT2D eigenvalue weighted by Crippen LogP contribution is -2.41. The molecule has 0 spiro atoms. The predicted octanol–water partition coefficient (Wildman–Crippen LogP) is 4.56. The number of hydrogen-bond donors (Lipinski definition) is 2. The van der Waals surface area contributed by atoms with Crippen molar-refractivity contribution in [1.82, 2.24) is 5.32 Å². The van der Waals surface area contributed by atoms with Gasteiger partial charge in [0.05, 0.1) is 7.11 Å². The van der Waals surface area contributed by atoms with Gasteiger partial charge in [0.15, 0.2) is 11.5 Å². The van der Waals surface area contributed by atoms with Gasteiger partial charge in [-0.1, -0.05) is 49.7 Å². The standard InChI is InChI=1S/C20H23ClN2O2/c1-12(2)20-22-16(13-7-9-14(21)10-8-13)11-17(23-20)15-5-4-6-18(25-3)19(15)24/h4-10,12,17,20,23-24H,11H2,1-3H3/t17-,20-/m1/s1. The Labute approximate surface area is 153 Å². The van der Waals surface area contributed by atoms with Gasteiger partial charge in [-0.05, 0) is 29.7 Å². The number of para-hydroxylation sites is 1. The van der Waals surface area contributed by atoms with Gasteiger partial charge < -0.3 is 9.84 Å². The Kier molecular flexibility index (Phi) is 5.30. The smallest absolute Gasteiger partial charge is 0.162 e. The van der Waals surface area contributed by atoms with Gasteiger partial charge in [-0.2, -0.15) is 0 Å². The van der Waals surface area contributed by atoms with Crippen molar-refractivity contribution >= 4 is 17.3 Å². The van der Waals surface area contributed by atoms with Gasteiger partial charge in [0, 0.05) is 28.8 Å². The second-order valence-corrected chi connectivity index (χ2v) is 7.03. The van der Waals surface area contributed by atoms with Crippen LogP contribution < -0.4 is 10.1 Å². The van der Waals surface area contributed by atoms with E-state index in [9.17, 15) is 5.11 Å². The van der Waals surface area contributed by atoms with Crippen molar-refractivity contribution in [1.29, 1.82) is 0 Å². The number of aromatic hydroxyl groups is 1. The van der Waals surface area contributed by atoms with Crippen molar-refractivity contribution in [3.8, 4) is 11.5 Å². The van der Waals surface area contributed by atoms with Gasteiger partial charge in [0.1, 0.15) is 6.17 Å². The molecule has 0 saturated carbocycles. The number of rotatable bonds is 4. The average Bonchev–Trinajstić information content (AvgIpc) is 2.62. The summed E-state index contributed by atoms with van der Waals surface area (Å²) in [6.45, 7) is 4.27. The third-order valence-corrected chi connectivity index (χ3v) is 4.75. The summed E-state index contributed by atoms with van der Waals surface area (Å²) in [6.07, 6.45) is 0.668. The SMILES string of the molecule is COc1cccc([C@H]2CC(c3ccc(Cl)cc3)=N[C@@H](C(C)C)N2)c1O. The molecule has 0 aromatic heterocycles. The molecule has 4 nitrogen and oxygen atoms in total. The Balaban J connectivity index is 1.97. The van der Waals surface area contributed by atoms with E-state index in [1.807, 2.05) is 36.4 Å². The van der Waals surface area contributed by atoms with Crippen LogP contribution in [0.1, 0.15) is 37.4 Å². The lowest BCUT2D eigenvalue weighted by Gasteiger charge is -2.32. The molecule has 2 aromatic rings. The number of nitrogens with one attached hydrogen (secondary N) is 1. The van der Waals surface area contributed by atoms with Crippen molar-refractivity contribution in [2.45, 2.75) is 32.5 Å². The molecule has 1 heterocycles. The van der Waals surface area contributed by atoms with E-state index >= 15 is 0 Å². The lowest BCUT2D eigenvalue weighted by atomic mass is 9.93. The van der Waals surface area contributed by atoms with Crippen LogP contribution in [0.25, 0.3) is 0 Å². The molecule has 0 unspecified atom stereocenters. The average molecular weight is 359 g/mol. The van der Waals surface area contributed by atoms with E-state index in [0.29, 0.717) is 23.1 Å². The van der Waals surface area contributed by atoms with Gasteiger partial charge in [-0.15, -0.1) is 0 Å². The molecule has 1 aliphatic rings. The van der Waals surface area contributed by atoms with E-state index in [1.54, 1.807) is 13.2 Å². The normalized spacial score (nSPS) is 20.4. The number of nitrogens with zero attached hydrogens (tertiary/aromatic N) is 1.